The third-order valence-corrected chi connectivity index (χ3v) is 7.78. The molecule has 2 heterocycles. The van der Waals surface area contributed by atoms with Crippen molar-refractivity contribution in [1.82, 2.24) is 14.9 Å². The first-order chi connectivity index (χ1) is 20.1. The molecule has 3 aromatic rings. The Balaban J connectivity index is 1.74. The monoisotopic (exact) mass is 566 g/mol. The molecule has 7 nitrogen and oxygen atoms in total. The molecule has 1 aliphatic rings. The van der Waals surface area contributed by atoms with Crippen LogP contribution in [-0.2, 0) is 16.1 Å². The third kappa shape index (κ3) is 7.01. The number of aryl methyl sites for hydroxylation is 1. The summed E-state index contributed by atoms with van der Waals surface area (Å²) in [5.74, 6) is 0.117. The second-order valence-corrected chi connectivity index (χ2v) is 11.4. The number of hydrogen-bond donors (Lipinski definition) is 1. The summed E-state index contributed by atoms with van der Waals surface area (Å²) in [6, 6.07) is 9.73. The summed E-state index contributed by atoms with van der Waals surface area (Å²) in [6.45, 7) is 10.5. The van der Waals surface area contributed by atoms with E-state index in [0.717, 1.165) is 64.9 Å². The van der Waals surface area contributed by atoms with E-state index in [1.165, 1.54) is 23.5 Å². The molecule has 0 unspecified atom stereocenters. The molecule has 42 heavy (non-hydrogen) atoms. The van der Waals surface area contributed by atoms with Crippen molar-refractivity contribution in [2.75, 3.05) is 7.05 Å². The Labute approximate surface area is 248 Å². The first-order valence-corrected chi connectivity index (χ1v) is 15.0. The van der Waals surface area contributed by atoms with Crippen molar-refractivity contribution in [3.8, 4) is 11.1 Å². The molecule has 0 saturated heterocycles. The van der Waals surface area contributed by atoms with E-state index in [1.807, 2.05) is 12.1 Å². The summed E-state index contributed by atoms with van der Waals surface area (Å²) in [6.07, 6.45) is 10.8. The topological polar surface area (TPSA) is 93.4 Å². The Morgan fingerprint density at radius 3 is 2.57 bits per heavy atom. The van der Waals surface area contributed by atoms with E-state index in [2.05, 4.69) is 69.2 Å². The molecule has 0 atom stereocenters. The van der Waals surface area contributed by atoms with Crippen molar-refractivity contribution in [3.05, 3.63) is 75.4 Å². The van der Waals surface area contributed by atoms with Crippen molar-refractivity contribution >= 4 is 40.1 Å². The molecule has 0 fully saturated rings. The molecule has 0 spiro atoms. The molecule has 4 rings (SSSR count). The zero-order chi connectivity index (χ0) is 30.4. The van der Waals surface area contributed by atoms with E-state index in [4.69, 9.17) is 4.99 Å². The van der Waals surface area contributed by atoms with Crippen molar-refractivity contribution in [3.63, 3.8) is 0 Å². The fourth-order valence-electron chi connectivity index (χ4n) is 5.29. The average Bonchev–Trinajstić information content (AvgIpc) is 3.18. The smallest absolute Gasteiger partial charge is 0.261 e. The second kappa shape index (κ2) is 13.7. The highest BCUT2D eigenvalue weighted by molar-refractivity contribution is 6.08. The van der Waals surface area contributed by atoms with Gasteiger partial charge in [0.2, 0.25) is 5.91 Å². The minimum absolute atomic E-state index is 0.0762. The SMILES string of the molecule is CCC/C=C(\CCC)CC(=O)C1=Cc2c(C)cc(-c3ccc4c(=O)n(CC(=O)NC)cnc4c3)cc2N=C(C(C)C)C1. The summed E-state index contributed by atoms with van der Waals surface area (Å²) >= 11 is 0. The predicted octanol–water partition coefficient (Wildman–Crippen LogP) is 7.12. The largest absolute Gasteiger partial charge is 0.358 e. The minimum Gasteiger partial charge on any atom is -0.358 e. The average molecular weight is 567 g/mol. The number of benzene rings is 2. The molecule has 7 heteroatoms. The first kappa shape index (κ1) is 30.8. The number of allylic oxidation sites excluding steroid dienone is 3. The van der Waals surface area contributed by atoms with Crippen LogP contribution in [0.5, 0.6) is 0 Å². The van der Waals surface area contributed by atoms with Gasteiger partial charge in [0.25, 0.3) is 5.56 Å². The number of nitrogens with zero attached hydrogens (tertiary/aromatic N) is 3. The van der Waals surface area contributed by atoms with Gasteiger partial charge in [-0.25, -0.2) is 4.98 Å². The van der Waals surface area contributed by atoms with Crippen LogP contribution in [0.25, 0.3) is 28.1 Å². The van der Waals surface area contributed by atoms with Crippen molar-refractivity contribution in [2.45, 2.75) is 79.7 Å². The van der Waals surface area contributed by atoms with Crippen LogP contribution in [-0.4, -0.2) is 34.0 Å². The number of unbranched alkanes of at least 4 members (excludes halogenated alkanes) is 1. The van der Waals surface area contributed by atoms with Gasteiger partial charge in [-0.3, -0.25) is 23.9 Å². The van der Waals surface area contributed by atoms with Crippen LogP contribution in [0, 0.1) is 12.8 Å². The van der Waals surface area contributed by atoms with Gasteiger partial charge >= 0.3 is 0 Å². The Kier molecular flexibility index (Phi) is 10.0. The van der Waals surface area contributed by atoms with Gasteiger partial charge < -0.3 is 5.32 Å². The molecular formula is C35H42N4O3. The van der Waals surface area contributed by atoms with E-state index in [-0.39, 0.29) is 29.7 Å². The molecule has 1 N–H and O–H groups in total. The van der Waals surface area contributed by atoms with Crippen molar-refractivity contribution in [1.29, 1.82) is 0 Å². The Hall–Kier alpha value is -4.13. The molecule has 220 valence electrons. The van der Waals surface area contributed by atoms with E-state index in [9.17, 15) is 14.4 Å². The minimum atomic E-state index is -0.259. The number of amides is 1. The zero-order valence-corrected chi connectivity index (χ0v) is 25.7. The number of fused-ring (bicyclic) bond motifs is 2. The lowest BCUT2D eigenvalue weighted by Crippen LogP contribution is -2.30. The molecular weight excluding hydrogens is 524 g/mol. The van der Waals surface area contributed by atoms with Crippen LogP contribution in [0.4, 0.5) is 5.69 Å². The number of hydrogen-bond acceptors (Lipinski definition) is 5. The maximum Gasteiger partial charge on any atom is 0.261 e. The first-order valence-electron chi connectivity index (χ1n) is 15.0. The Bertz CT molecular complexity index is 1660. The van der Waals surface area contributed by atoms with Gasteiger partial charge in [-0.15, -0.1) is 0 Å². The number of rotatable bonds is 11. The Morgan fingerprint density at radius 2 is 1.88 bits per heavy atom. The number of aromatic nitrogens is 2. The van der Waals surface area contributed by atoms with Gasteiger partial charge in [0.1, 0.15) is 6.54 Å². The van der Waals surface area contributed by atoms with Crippen molar-refractivity contribution in [2.24, 2.45) is 10.9 Å². The highest BCUT2D eigenvalue weighted by Crippen LogP contribution is 2.36. The molecule has 0 radical (unpaired) electrons. The third-order valence-electron chi connectivity index (χ3n) is 7.78. The van der Waals surface area contributed by atoms with Crippen LogP contribution in [0.3, 0.4) is 0 Å². The maximum absolute atomic E-state index is 13.6. The van der Waals surface area contributed by atoms with Gasteiger partial charge in [0.05, 0.1) is 22.9 Å². The fourth-order valence-corrected chi connectivity index (χ4v) is 5.29. The standard InChI is InChI=1S/C35H42N4O3/c1-7-9-11-24(10-8-2)15-33(40)27-16-29-23(5)14-26(18-32(29)38-30(19-27)22(3)4)25-12-13-28-31(17-25)37-21-39(35(28)42)20-34(41)36-6/h11-14,16-18,21-22H,7-10,15,19-20H2,1-6H3,(H,36,41)/b24-11+. The summed E-state index contributed by atoms with van der Waals surface area (Å²) in [7, 11) is 1.54. The molecule has 1 aromatic heterocycles. The highest BCUT2D eigenvalue weighted by atomic mass is 16.2. The van der Waals surface area contributed by atoms with Gasteiger partial charge in [0.15, 0.2) is 5.78 Å². The number of nitrogens with one attached hydrogen (secondary N) is 1. The quantitative estimate of drug-likeness (QED) is 0.250. The number of likely N-dealkylation sites (N-methyl/N-ethyl adjacent to an activating group) is 1. The molecule has 0 aliphatic carbocycles. The summed E-state index contributed by atoms with van der Waals surface area (Å²) in [5.41, 5.74) is 8.09. The fraction of sp³-hybridized carbons (Fsp3) is 0.400. The molecule has 2 aromatic carbocycles. The van der Waals surface area contributed by atoms with Gasteiger partial charge in [-0.2, -0.15) is 0 Å². The van der Waals surface area contributed by atoms with Crippen LogP contribution in [0.1, 0.15) is 77.3 Å². The highest BCUT2D eigenvalue weighted by Gasteiger charge is 2.22. The number of carbonyl (C=O) groups is 2. The number of aliphatic imine (C=N–C) groups is 1. The van der Waals surface area contributed by atoms with E-state index < -0.39 is 0 Å². The Morgan fingerprint density at radius 1 is 1.10 bits per heavy atom. The lowest BCUT2D eigenvalue weighted by molar-refractivity contribution is -0.121. The normalized spacial score (nSPS) is 13.5. The summed E-state index contributed by atoms with van der Waals surface area (Å²) < 4.78 is 1.31. The van der Waals surface area contributed by atoms with Crippen LogP contribution < -0.4 is 10.9 Å². The number of carbonyl (C=O) groups excluding carboxylic acids is 2. The lowest BCUT2D eigenvalue weighted by Gasteiger charge is -2.12. The van der Waals surface area contributed by atoms with Crippen LogP contribution >= 0.6 is 0 Å². The van der Waals surface area contributed by atoms with Crippen LogP contribution in [0.2, 0.25) is 0 Å². The summed E-state index contributed by atoms with van der Waals surface area (Å²) in [4.78, 5) is 47.9. The van der Waals surface area contributed by atoms with E-state index in [1.54, 1.807) is 6.07 Å². The van der Waals surface area contributed by atoms with E-state index >= 15 is 0 Å². The number of ketones is 1. The summed E-state index contributed by atoms with van der Waals surface area (Å²) in [5, 5.41) is 2.99. The van der Waals surface area contributed by atoms with Gasteiger partial charge in [-0.1, -0.05) is 64.3 Å². The zero-order valence-electron chi connectivity index (χ0n) is 25.7. The van der Waals surface area contributed by atoms with E-state index in [0.29, 0.717) is 23.7 Å². The maximum atomic E-state index is 13.6. The lowest BCUT2D eigenvalue weighted by atomic mass is 9.91. The number of Topliss-reactive ketones (excluding diaryl/α,β-unsaturated/α-hetero) is 1. The van der Waals surface area contributed by atoms with Crippen LogP contribution in [0.15, 0.2) is 63.7 Å². The van der Waals surface area contributed by atoms with Gasteiger partial charge in [0, 0.05) is 36.7 Å². The van der Waals surface area contributed by atoms with Crippen molar-refractivity contribution < 1.29 is 9.59 Å². The predicted molar refractivity (Wildman–Crippen MR) is 172 cm³/mol. The van der Waals surface area contributed by atoms with Gasteiger partial charge in [-0.05, 0) is 66.6 Å². The molecule has 1 aliphatic heterocycles. The molecule has 0 bridgehead atoms. The molecule has 1 amide bonds. The molecule has 0 saturated carbocycles. The second-order valence-electron chi connectivity index (χ2n) is 11.4.